The summed E-state index contributed by atoms with van der Waals surface area (Å²) in [6.07, 6.45) is 1.76. The molecule has 2 aliphatic rings. The van der Waals surface area contributed by atoms with Crippen molar-refractivity contribution in [3.05, 3.63) is 53.2 Å². The maximum absolute atomic E-state index is 13.6. The Morgan fingerprint density at radius 3 is 2.63 bits per heavy atom. The lowest BCUT2D eigenvalue weighted by atomic mass is 9.89. The van der Waals surface area contributed by atoms with Gasteiger partial charge in [0.1, 0.15) is 0 Å². The lowest BCUT2D eigenvalue weighted by Gasteiger charge is -2.35. The van der Waals surface area contributed by atoms with Crippen LogP contribution in [0.3, 0.4) is 0 Å². The molecule has 0 saturated carbocycles. The molecule has 2 atom stereocenters. The van der Waals surface area contributed by atoms with Crippen LogP contribution in [0.2, 0.25) is 0 Å². The molecule has 1 N–H and O–H groups in total. The molecule has 0 bridgehead atoms. The van der Waals surface area contributed by atoms with Crippen molar-refractivity contribution in [3.8, 4) is 0 Å². The van der Waals surface area contributed by atoms with Crippen LogP contribution in [0, 0.1) is 24.4 Å². The number of benzene rings is 1. The van der Waals surface area contributed by atoms with Gasteiger partial charge in [-0.2, -0.15) is 10.1 Å². The number of halogens is 3. The second-order valence-electron chi connectivity index (χ2n) is 9.17. The van der Waals surface area contributed by atoms with Crippen molar-refractivity contribution >= 4 is 23.3 Å². The summed E-state index contributed by atoms with van der Waals surface area (Å²) in [5.41, 5.74) is 0.331. The first-order valence-corrected chi connectivity index (χ1v) is 10.9. The molecule has 1 unspecified atom stereocenters. The molecule has 1 saturated heterocycles. The summed E-state index contributed by atoms with van der Waals surface area (Å²) < 4.78 is 47.2. The second kappa shape index (κ2) is 8.10. The molecule has 4 heterocycles. The van der Waals surface area contributed by atoms with Crippen molar-refractivity contribution in [1.82, 2.24) is 24.8 Å². The smallest absolute Gasteiger partial charge is 0.322 e. The van der Waals surface area contributed by atoms with Gasteiger partial charge in [-0.3, -0.25) is 9.48 Å². The van der Waals surface area contributed by atoms with E-state index in [1.165, 1.54) is 4.90 Å². The fourth-order valence-corrected chi connectivity index (χ4v) is 4.54. The predicted molar refractivity (Wildman–Crippen MR) is 116 cm³/mol. The molecule has 10 nitrogen and oxygen atoms in total. The minimum absolute atomic E-state index is 0.0936. The highest BCUT2D eigenvalue weighted by atomic mass is 19.2. The van der Waals surface area contributed by atoms with Crippen LogP contribution in [0.25, 0.3) is 0 Å². The molecular weight excluding hydrogens is 467 g/mol. The molecule has 0 aliphatic carbocycles. The van der Waals surface area contributed by atoms with Crippen LogP contribution in [0.15, 0.2) is 22.9 Å². The van der Waals surface area contributed by atoms with E-state index in [4.69, 9.17) is 4.52 Å². The molecule has 2 aliphatic heterocycles. The van der Waals surface area contributed by atoms with Crippen molar-refractivity contribution < 1.29 is 27.3 Å². The third-order valence-electron chi connectivity index (χ3n) is 6.42. The Morgan fingerprint density at radius 1 is 1.26 bits per heavy atom. The van der Waals surface area contributed by atoms with Gasteiger partial charge in [-0.05, 0) is 6.92 Å². The summed E-state index contributed by atoms with van der Waals surface area (Å²) in [6.45, 7) is 6.10. The van der Waals surface area contributed by atoms with Crippen molar-refractivity contribution in [2.24, 2.45) is 0 Å². The third-order valence-corrected chi connectivity index (χ3v) is 6.42. The first-order valence-electron chi connectivity index (χ1n) is 10.9. The van der Waals surface area contributed by atoms with Crippen molar-refractivity contribution in [2.75, 3.05) is 16.8 Å². The van der Waals surface area contributed by atoms with Gasteiger partial charge in [0.15, 0.2) is 23.3 Å². The van der Waals surface area contributed by atoms with Crippen LogP contribution in [-0.4, -0.2) is 49.3 Å². The number of hydrogen-bond donors (Lipinski definition) is 1. The molecule has 3 aromatic rings. The van der Waals surface area contributed by atoms with Crippen LogP contribution in [-0.2, 0) is 23.3 Å². The highest BCUT2D eigenvalue weighted by Gasteiger charge is 2.46. The molecule has 13 heteroatoms. The highest BCUT2D eigenvalue weighted by molar-refractivity contribution is 5.97. The molecule has 1 fully saturated rings. The average Bonchev–Trinajstić information content (AvgIpc) is 3.48. The zero-order valence-corrected chi connectivity index (χ0v) is 19.2. The van der Waals surface area contributed by atoms with Crippen LogP contribution in [0.5, 0.6) is 0 Å². The number of carbonyl (C=O) groups excluding carboxylic acids is 2. The van der Waals surface area contributed by atoms with Crippen molar-refractivity contribution in [2.45, 2.75) is 51.7 Å². The standard InChI is InChI=1S/C22H22F3N7O3/c1-11-8-32-17(9-30(11)21(34)28-13-4-14(23)19(25)15(24)5-13)16(7-26-32)31-10-22(3,6-18(31)33)20-27-12(2)35-29-20/h4-5,7,11H,6,8-10H2,1-3H3,(H,28,34)/t11-,22?/m0/s1. The number of nitrogens with zero attached hydrogens (tertiary/aromatic N) is 6. The normalized spacial score (nSPS) is 22.0. The van der Waals surface area contributed by atoms with Gasteiger partial charge in [0.05, 0.1) is 42.1 Å². The summed E-state index contributed by atoms with van der Waals surface area (Å²) in [7, 11) is 0. The number of urea groups is 1. The molecule has 35 heavy (non-hydrogen) atoms. The number of carbonyl (C=O) groups is 2. The molecule has 184 valence electrons. The van der Waals surface area contributed by atoms with E-state index in [1.807, 2.05) is 6.92 Å². The Bertz CT molecular complexity index is 1320. The summed E-state index contributed by atoms with van der Waals surface area (Å²) in [5.74, 6) is -3.70. The predicted octanol–water partition coefficient (Wildman–Crippen LogP) is 3.12. The Balaban J connectivity index is 1.38. The van der Waals surface area contributed by atoms with E-state index in [9.17, 15) is 22.8 Å². The molecule has 2 aromatic heterocycles. The Hall–Kier alpha value is -3.90. The Kier molecular flexibility index (Phi) is 5.29. The van der Waals surface area contributed by atoms with Gasteiger partial charge in [-0.25, -0.2) is 18.0 Å². The van der Waals surface area contributed by atoms with E-state index in [0.29, 0.717) is 48.3 Å². The fourth-order valence-electron chi connectivity index (χ4n) is 4.54. The number of hydrogen-bond acceptors (Lipinski definition) is 6. The maximum Gasteiger partial charge on any atom is 0.322 e. The van der Waals surface area contributed by atoms with Crippen LogP contribution in [0.4, 0.5) is 29.3 Å². The summed E-state index contributed by atoms with van der Waals surface area (Å²) in [6, 6.07) is 0.488. The van der Waals surface area contributed by atoms with Gasteiger partial charge in [-0.15, -0.1) is 0 Å². The minimum Gasteiger partial charge on any atom is -0.340 e. The largest absolute Gasteiger partial charge is 0.340 e. The Morgan fingerprint density at radius 2 is 1.97 bits per heavy atom. The first kappa shape index (κ1) is 22.9. The number of nitrogens with one attached hydrogen (secondary N) is 1. The number of rotatable bonds is 3. The number of aryl methyl sites for hydroxylation is 1. The summed E-state index contributed by atoms with van der Waals surface area (Å²) in [5, 5.41) is 10.8. The topological polar surface area (TPSA) is 109 Å². The van der Waals surface area contributed by atoms with Crippen molar-refractivity contribution in [1.29, 1.82) is 0 Å². The zero-order valence-electron chi connectivity index (χ0n) is 19.2. The molecule has 0 spiro atoms. The first-order chi connectivity index (χ1) is 16.6. The minimum atomic E-state index is -1.61. The maximum atomic E-state index is 13.6. The van der Waals surface area contributed by atoms with Crippen LogP contribution < -0.4 is 10.2 Å². The highest BCUT2D eigenvalue weighted by Crippen LogP contribution is 2.38. The zero-order chi connectivity index (χ0) is 25.1. The molecule has 0 radical (unpaired) electrons. The van der Waals surface area contributed by atoms with Gasteiger partial charge < -0.3 is 19.6 Å². The van der Waals surface area contributed by atoms with E-state index in [0.717, 1.165) is 0 Å². The van der Waals surface area contributed by atoms with Crippen molar-refractivity contribution in [3.63, 3.8) is 0 Å². The molecule has 5 rings (SSSR count). The van der Waals surface area contributed by atoms with E-state index >= 15 is 0 Å². The van der Waals surface area contributed by atoms with E-state index in [1.54, 1.807) is 29.6 Å². The second-order valence-corrected chi connectivity index (χ2v) is 9.17. The van der Waals surface area contributed by atoms with E-state index < -0.39 is 28.9 Å². The van der Waals surface area contributed by atoms with E-state index in [-0.39, 0.29) is 30.6 Å². The molecular formula is C22H22F3N7O3. The third kappa shape index (κ3) is 3.90. The van der Waals surface area contributed by atoms with Gasteiger partial charge in [0.2, 0.25) is 11.8 Å². The summed E-state index contributed by atoms with van der Waals surface area (Å²) in [4.78, 5) is 33.3. The average molecular weight is 489 g/mol. The monoisotopic (exact) mass is 489 g/mol. The van der Waals surface area contributed by atoms with Gasteiger partial charge >= 0.3 is 6.03 Å². The van der Waals surface area contributed by atoms with Gasteiger partial charge in [0, 0.05) is 37.7 Å². The number of amides is 3. The number of anilines is 2. The summed E-state index contributed by atoms with van der Waals surface area (Å²) >= 11 is 0. The van der Waals surface area contributed by atoms with Crippen LogP contribution in [0.1, 0.15) is 37.7 Å². The lowest BCUT2D eigenvalue weighted by Crippen LogP contribution is -2.47. The molecule has 1 aromatic carbocycles. The van der Waals surface area contributed by atoms with Gasteiger partial charge in [0.25, 0.3) is 0 Å². The lowest BCUT2D eigenvalue weighted by molar-refractivity contribution is -0.117. The SMILES string of the molecule is Cc1nc(C2(C)CC(=O)N(c3cnn4c3CN(C(=O)Nc3cc(F)c(F)c(F)c3)[C@@H](C)C4)C2)no1. The quantitative estimate of drug-likeness (QED) is 0.567. The fraction of sp³-hybridized carbons (Fsp3) is 0.409. The number of fused-ring (bicyclic) bond motifs is 1. The van der Waals surface area contributed by atoms with E-state index in [2.05, 4.69) is 20.6 Å². The van der Waals surface area contributed by atoms with Gasteiger partial charge in [-0.1, -0.05) is 12.1 Å². The van der Waals surface area contributed by atoms with Crippen LogP contribution >= 0.6 is 0 Å². The Labute approximate surface area is 197 Å². The molecule has 3 amide bonds. The number of aromatic nitrogens is 4.